The number of hydrogen-bond donors (Lipinski definition) is 0. The van der Waals surface area contributed by atoms with Crippen molar-refractivity contribution in [2.24, 2.45) is 0 Å². The fourth-order valence-electron chi connectivity index (χ4n) is 2.02. The van der Waals surface area contributed by atoms with E-state index in [9.17, 15) is 17.6 Å². The second kappa shape index (κ2) is 5.09. The molecule has 1 saturated heterocycles. The normalized spacial score (nSPS) is 17.9. The third-order valence-corrected chi connectivity index (χ3v) is 3.01. The van der Waals surface area contributed by atoms with Crippen molar-refractivity contribution < 1.29 is 17.6 Å². The SMILES string of the molecule is CN1CCCN(c2c(F)c(F)nc(F)c2F)CC1. The maximum absolute atomic E-state index is 13.6. The van der Waals surface area contributed by atoms with Crippen molar-refractivity contribution in [3.05, 3.63) is 23.5 Å². The van der Waals surface area contributed by atoms with Crippen molar-refractivity contribution in [3.8, 4) is 0 Å². The van der Waals surface area contributed by atoms with Gasteiger partial charge in [-0.05, 0) is 20.0 Å². The average Bonchev–Trinajstić information content (AvgIpc) is 2.53. The minimum atomic E-state index is -1.61. The molecule has 0 amide bonds. The van der Waals surface area contributed by atoms with E-state index in [1.807, 2.05) is 11.9 Å². The largest absolute Gasteiger partial charge is 0.365 e. The van der Waals surface area contributed by atoms with Gasteiger partial charge >= 0.3 is 0 Å². The van der Waals surface area contributed by atoms with Gasteiger partial charge in [0.1, 0.15) is 5.69 Å². The van der Waals surface area contributed by atoms with Crippen LogP contribution in [0.4, 0.5) is 23.2 Å². The summed E-state index contributed by atoms with van der Waals surface area (Å²) in [5.74, 6) is -6.08. The molecule has 2 heterocycles. The minimum absolute atomic E-state index is 0.313. The zero-order chi connectivity index (χ0) is 13.3. The molecule has 0 bridgehead atoms. The highest BCUT2D eigenvalue weighted by Crippen LogP contribution is 2.26. The van der Waals surface area contributed by atoms with E-state index in [1.165, 1.54) is 4.90 Å². The highest BCUT2D eigenvalue weighted by molar-refractivity contribution is 5.48. The van der Waals surface area contributed by atoms with Gasteiger partial charge in [-0.1, -0.05) is 0 Å². The van der Waals surface area contributed by atoms with E-state index in [0.717, 1.165) is 6.54 Å². The predicted molar refractivity (Wildman–Crippen MR) is 58.4 cm³/mol. The Kier molecular flexibility index (Phi) is 3.70. The summed E-state index contributed by atoms with van der Waals surface area (Å²) in [5.41, 5.74) is -0.657. The molecule has 1 aliphatic rings. The van der Waals surface area contributed by atoms with Crippen molar-refractivity contribution in [3.63, 3.8) is 0 Å². The van der Waals surface area contributed by atoms with Crippen molar-refractivity contribution in [1.29, 1.82) is 0 Å². The molecule has 0 unspecified atom stereocenters. The fraction of sp³-hybridized carbons (Fsp3) is 0.545. The number of pyridine rings is 1. The Balaban J connectivity index is 2.37. The highest BCUT2D eigenvalue weighted by atomic mass is 19.2. The van der Waals surface area contributed by atoms with Crippen LogP contribution in [0.2, 0.25) is 0 Å². The highest BCUT2D eigenvalue weighted by Gasteiger charge is 2.26. The number of anilines is 1. The lowest BCUT2D eigenvalue weighted by atomic mass is 10.3. The van der Waals surface area contributed by atoms with Gasteiger partial charge in [0.05, 0.1) is 0 Å². The zero-order valence-electron chi connectivity index (χ0n) is 9.89. The van der Waals surface area contributed by atoms with E-state index >= 15 is 0 Å². The maximum atomic E-state index is 13.6. The molecule has 1 aromatic rings. The summed E-state index contributed by atoms with van der Waals surface area (Å²) in [6.45, 7) is 2.01. The van der Waals surface area contributed by atoms with E-state index in [2.05, 4.69) is 4.98 Å². The molecule has 0 aromatic carbocycles. The van der Waals surface area contributed by atoms with Crippen LogP contribution in [0.1, 0.15) is 6.42 Å². The monoisotopic (exact) mass is 263 g/mol. The molecule has 0 N–H and O–H groups in total. The molecule has 0 saturated carbocycles. The fourth-order valence-corrected chi connectivity index (χ4v) is 2.02. The molecule has 1 aromatic heterocycles. The lowest BCUT2D eigenvalue weighted by Gasteiger charge is -2.23. The summed E-state index contributed by atoms with van der Waals surface area (Å²) < 4.78 is 53.2. The quantitative estimate of drug-likeness (QED) is 0.568. The van der Waals surface area contributed by atoms with E-state index in [0.29, 0.717) is 26.1 Å². The van der Waals surface area contributed by atoms with Gasteiger partial charge in [0.25, 0.3) is 11.9 Å². The molecule has 2 rings (SSSR count). The van der Waals surface area contributed by atoms with Crippen LogP contribution in [0.5, 0.6) is 0 Å². The number of rotatable bonds is 1. The molecule has 18 heavy (non-hydrogen) atoms. The first-order valence-electron chi connectivity index (χ1n) is 5.64. The van der Waals surface area contributed by atoms with Crippen molar-refractivity contribution in [1.82, 2.24) is 9.88 Å². The topological polar surface area (TPSA) is 19.4 Å². The first-order chi connectivity index (χ1) is 8.50. The van der Waals surface area contributed by atoms with Gasteiger partial charge in [-0.2, -0.15) is 22.5 Å². The lowest BCUT2D eigenvalue weighted by Crippen LogP contribution is -2.31. The van der Waals surface area contributed by atoms with E-state index in [-0.39, 0.29) is 0 Å². The van der Waals surface area contributed by atoms with E-state index < -0.39 is 29.2 Å². The van der Waals surface area contributed by atoms with Crippen LogP contribution in [0.15, 0.2) is 0 Å². The Hall–Kier alpha value is -1.37. The molecule has 0 spiro atoms. The number of likely N-dealkylation sites (N-methyl/N-ethyl adjacent to an activating group) is 1. The molecule has 1 fully saturated rings. The average molecular weight is 263 g/mol. The predicted octanol–water partition coefficient (Wildman–Crippen LogP) is 1.78. The van der Waals surface area contributed by atoms with Crippen molar-refractivity contribution >= 4 is 5.69 Å². The Morgan fingerprint density at radius 2 is 1.50 bits per heavy atom. The second-order valence-electron chi connectivity index (χ2n) is 4.31. The number of halogens is 4. The molecule has 100 valence electrons. The van der Waals surface area contributed by atoms with Crippen molar-refractivity contribution in [2.45, 2.75) is 6.42 Å². The first kappa shape index (κ1) is 13.1. The second-order valence-corrected chi connectivity index (χ2v) is 4.31. The summed E-state index contributed by atoms with van der Waals surface area (Å²) >= 11 is 0. The van der Waals surface area contributed by atoms with Gasteiger partial charge in [0.2, 0.25) is 11.6 Å². The van der Waals surface area contributed by atoms with Crippen LogP contribution in [-0.2, 0) is 0 Å². The lowest BCUT2D eigenvalue weighted by molar-refractivity contribution is 0.359. The smallest absolute Gasteiger partial charge is 0.253 e. The van der Waals surface area contributed by atoms with Crippen LogP contribution in [0.25, 0.3) is 0 Å². The zero-order valence-corrected chi connectivity index (χ0v) is 9.89. The first-order valence-corrected chi connectivity index (χ1v) is 5.64. The Labute approximate surface area is 102 Å². The van der Waals surface area contributed by atoms with Crippen LogP contribution < -0.4 is 4.90 Å². The molecular formula is C11H13F4N3. The Morgan fingerprint density at radius 1 is 0.889 bits per heavy atom. The van der Waals surface area contributed by atoms with Crippen LogP contribution in [0, 0.1) is 23.5 Å². The minimum Gasteiger partial charge on any atom is -0.365 e. The van der Waals surface area contributed by atoms with Gasteiger partial charge in [-0.25, -0.2) is 0 Å². The standard InChI is InChI=1S/C11H13F4N3/c1-17-3-2-4-18(6-5-17)9-7(12)10(14)16-11(15)8(9)13/h2-6H2,1H3. The third kappa shape index (κ3) is 2.40. The molecule has 0 atom stereocenters. The molecule has 0 aliphatic carbocycles. The summed E-state index contributed by atoms with van der Waals surface area (Å²) in [7, 11) is 1.88. The van der Waals surface area contributed by atoms with Crippen LogP contribution >= 0.6 is 0 Å². The van der Waals surface area contributed by atoms with Gasteiger partial charge in [0, 0.05) is 19.6 Å². The number of hydrogen-bond acceptors (Lipinski definition) is 3. The van der Waals surface area contributed by atoms with Gasteiger partial charge in [-0.3, -0.25) is 0 Å². The van der Waals surface area contributed by atoms with E-state index in [4.69, 9.17) is 0 Å². The summed E-state index contributed by atoms with van der Waals surface area (Å²) in [4.78, 5) is 5.86. The van der Waals surface area contributed by atoms with Gasteiger partial charge in [0.15, 0.2) is 0 Å². The summed E-state index contributed by atoms with van der Waals surface area (Å²) in [5, 5.41) is 0. The molecular weight excluding hydrogens is 250 g/mol. The molecule has 0 radical (unpaired) electrons. The molecule has 3 nitrogen and oxygen atoms in total. The maximum Gasteiger partial charge on any atom is 0.253 e. The van der Waals surface area contributed by atoms with Gasteiger partial charge in [-0.15, -0.1) is 0 Å². The number of aromatic nitrogens is 1. The number of nitrogens with zero attached hydrogens (tertiary/aromatic N) is 3. The van der Waals surface area contributed by atoms with Crippen LogP contribution in [0.3, 0.4) is 0 Å². The third-order valence-electron chi connectivity index (χ3n) is 3.01. The van der Waals surface area contributed by atoms with Crippen LogP contribution in [-0.4, -0.2) is 43.1 Å². The van der Waals surface area contributed by atoms with E-state index in [1.54, 1.807) is 0 Å². The molecule has 7 heteroatoms. The molecule has 1 aliphatic heterocycles. The van der Waals surface area contributed by atoms with Gasteiger partial charge < -0.3 is 9.80 Å². The Morgan fingerprint density at radius 3 is 2.11 bits per heavy atom. The van der Waals surface area contributed by atoms with Crippen molar-refractivity contribution in [2.75, 3.05) is 38.1 Å². The summed E-state index contributed by atoms with van der Waals surface area (Å²) in [6, 6.07) is 0. The Bertz CT molecular complexity index is 426. The summed E-state index contributed by atoms with van der Waals surface area (Å²) in [6.07, 6.45) is 0.668.